The maximum atomic E-state index is 8.60. The molecule has 4 aromatic heterocycles. The van der Waals surface area contributed by atoms with Crippen molar-refractivity contribution in [1.82, 2.24) is 19.5 Å². The van der Waals surface area contributed by atoms with Gasteiger partial charge in [-0.25, -0.2) is 4.98 Å². The van der Waals surface area contributed by atoms with Gasteiger partial charge in [0.1, 0.15) is 0 Å². The van der Waals surface area contributed by atoms with Crippen LogP contribution in [-0.4, -0.2) is 32.8 Å². The fourth-order valence-corrected chi connectivity index (χ4v) is 9.23. The summed E-state index contributed by atoms with van der Waals surface area (Å²) in [5, 5.41) is 2.04. The molecular formula is C45H44GeIrN4O-2. The molecule has 0 aliphatic carbocycles. The topological polar surface area (TPSA) is 56.7 Å². The molecule has 0 saturated carbocycles. The van der Waals surface area contributed by atoms with Gasteiger partial charge in [-0.05, 0) is 36.8 Å². The van der Waals surface area contributed by atoms with Crippen molar-refractivity contribution in [2.75, 3.05) is 0 Å². The molecule has 0 atom stereocenters. The molecule has 52 heavy (non-hydrogen) atoms. The smallest absolute Gasteiger partial charge is 0 e. The average molecular weight is 927 g/mol. The predicted molar refractivity (Wildman–Crippen MR) is 214 cm³/mol. The zero-order valence-corrected chi connectivity index (χ0v) is 34.7. The van der Waals surface area contributed by atoms with Gasteiger partial charge in [-0.3, -0.25) is 4.98 Å². The van der Waals surface area contributed by atoms with Crippen molar-refractivity contribution >= 4 is 50.8 Å². The molecule has 4 heterocycles. The average Bonchev–Trinajstić information content (AvgIpc) is 3.72. The van der Waals surface area contributed by atoms with Crippen molar-refractivity contribution in [3.8, 4) is 22.6 Å². The molecule has 0 aliphatic heterocycles. The Morgan fingerprint density at radius 1 is 0.904 bits per heavy atom. The van der Waals surface area contributed by atoms with Gasteiger partial charge in [0, 0.05) is 37.7 Å². The van der Waals surface area contributed by atoms with E-state index in [1.807, 2.05) is 75.5 Å². The van der Waals surface area contributed by atoms with E-state index in [9.17, 15) is 0 Å². The first-order valence-electron chi connectivity index (χ1n) is 19.8. The normalized spacial score (nSPS) is 13.5. The van der Waals surface area contributed by atoms with Gasteiger partial charge in [0.25, 0.3) is 0 Å². The fourth-order valence-electron chi connectivity index (χ4n) is 6.29. The molecule has 7 heteroatoms. The van der Waals surface area contributed by atoms with Crippen molar-refractivity contribution in [3.63, 3.8) is 0 Å². The summed E-state index contributed by atoms with van der Waals surface area (Å²) in [4.78, 5) is 14.1. The van der Waals surface area contributed by atoms with Crippen LogP contribution in [0.5, 0.6) is 0 Å². The number of aromatic nitrogens is 4. The zero-order chi connectivity index (χ0) is 40.0. The third-order valence-electron chi connectivity index (χ3n) is 8.74. The van der Waals surface area contributed by atoms with Crippen molar-refractivity contribution in [1.29, 1.82) is 0 Å². The molecule has 8 rings (SSSR count). The summed E-state index contributed by atoms with van der Waals surface area (Å²) in [6.07, 6.45) is 0.362. The molecule has 0 N–H and O–H groups in total. The van der Waals surface area contributed by atoms with E-state index in [-0.39, 0.29) is 31.6 Å². The van der Waals surface area contributed by atoms with Crippen molar-refractivity contribution < 1.29 is 31.4 Å². The summed E-state index contributed by atoms with van der Waals surface area (Å²) in [6, 6.07) is 39.6. The summed E-state index contributed by atoms with van der Waals surface area (Å²) in [5.74, 6) is 7.37. The molecule has 265 valence electrons. The number of furan rings is 1. The summed E-state index contributed by atoms with van der Waals surface area (Å²) in [7, 11) is 0. The maximum Gasteiger partial charge on any atom is 0 e. The van der Waals surface area contributed by atoms with Crippen LogP contribution in [0.15, 0.2) is 114 Å². The van der Waals surface area contributed by atoms with Crippen LogP contribution < -0.4 is 4.40 Å². The van der Waals surface area contributed by atoms with Crippen LogP contribution in [0.1, 0.15) is 43.1 Å². The largest absolute Gasteiger partial charge is 0 e. The Kier molecular flexibility index (Phi) is 9.42. The van der Waals surface area contributed by atoms with Crippen LogP contribution in [-0.2, 0) is 33.0 Å². The van der Waals surface area contributed by atoms with E-state index < -0.39 is 26.5 Å². The zero-order valence-electron chi connectivity index (χ0n) is 35.2. The van der Waals surface area contributed by atoms with Crippen molar-refractivity contribution in [2.24, 2.45) is 5.92 Å². The Morgan fingerprint density at radius 2 is 1.69 bits per heavy atom. The summed E-state index contributed by atoms with van der Waals surface area (Å²) < 4.78 is 49.1. The quantitative estimate of drug-likeness (QED) is 0.118. The molecule has 0 spiro atoms. The van der Waals surface area contributed by atoms with Crippen LogP contribution >= 0.6 is 0 Å². The third-order valence-corrected chi connectivity index (χ3v) is 13.0. The first-order chi connectivity index (χ1) is 26.5. The third kappa shape index (κ3) is 8.00. The minimum atomic E-state index is -2.32. The van der Waals surface area contributed by atoms with E-state index in [0.717, 1.165) is 55.4 Å². The first kappa shape index (κ1) is 31.2. The van der Waals surface area contributed by atoms with Gasteiger partial charge in [0.15, 0.2) is 0 Å². The summed E-state index contributed by atoms with van der Waals surface area (Å²) in [6.45, 7) is 4.30. The maximum absolute atomic E-state index is 8.60. The number of para-hydroxylation sites is 2. The molecule has 0 saturated heterocycles. The Hall–Kier alpha value is -4.36. The monoisotopic (exact) mass is 928 g/mol. The minimum absolute atomic E-state index is 0. The van der Waals surface area contributed by atoms with Crippen LogP contribution in [0.4, 0.5) is 0 Å². The molecular weight excluding hydrogens is 877 g/mol. The van der Waals surface area contributed by atoms with Crippen molar-refractivity contribution in [3.05, 3.63) is 144 Å². The second-order valence-electron chi connectivity index (χ2n) is 14.2. The molecule has 0 aliphatic rings. The van der Waals surface area contributed by atoms with Gasteiger partial charge in [0.2, 0.25) is 5.71 Å². The number of rotatable bonds is 7. The standard InChI is InChI=1S/C26H18N3O.C19H26GeN.Ir/c1-17-14-15-20-19-10-7-11-21(24(19)30-26(20)27-17)25-28-22-12-5-6-13-23(22)29(25)16-18-8-3-2-4-9-18;1-14(2)11-17-12-19(16-9-7-15(3)8-10-16)21-13-18(17)20(4,5)6;/h2-10,12-15H,16H2,1H3;7-9,12-14H,11H2,1-6H3;/q2*-1;/i;3D3,11D2;. The molecule has 5 nitrogen and oxygen atoms in total. The van der Waals surface area contributed by atoms with Gasteiger partial charge in [0.05, 0.1) is 22.4 Å². The predicted octanol–water partition coefficient (Wildman–Crippen LogP) is 10.8. The molecule has 0 bridgehead atoms. The number of aryl methyl sites for hydroxylation is 2. The van der Waals surface area contributed by atoms with E-state index in [1.54, 1.807) is 12.1 Å². The van der Waals surface area contributed by atoms with E-state index in [1.165, 1.54) is 11.6 Å². The van der Waals surface area contributed by atoms with Gasteiger partial charge >= 0.3 is 139 Å². The van der Waals surface area contributed by atoms with E-state index in [2.05, 4.69) is 80.3 Å². The second-order valence-corrected chi connectivity index (χ2v) is 24.7. The Morgan fingerprint density at radius 3 is 2.42 bits per heavy atom. The summed E-state index contributed by atoms with van der Waals surface area (Å²) in [5.41, 5.74) is 8.72. The molecule has 0 fully saturated rings. The first-order valence-corrected chi connectivity index (χ1v) is 24.6. The SMILES string of the molecule is Cc1ccc2c(n1)oc1c(-c3nc4ccccc4n3Cc3ccccc3)[c-]ccc12.[2H]C([2H])([2H])c1c[c-]c(-c2cc(C([2H])([2H])C(C)C)[c]([Ge]([CH3])([CH3])[CH3])cn2)cc1.[Ir]. The minimum Gasteiger partial charge on any atom is 0 e. The Bertz CT molecular complexity index is 2670. The number of pyridine rings is 2. The number of hydrogen-bond donors (Lipinski definition) is 0. The van der Waals surface area contributed by atoms with Gasteiger partial charge in [-0.1, -0.05) is 53.4 Å². The number of nitrogens with zero attached hydrogens (tertiary/aromatic N) is 4. The van der Waals surface area contributed by atoms with Crippen LogP contribution in [0.3, 0.4) is 0 Å². The number of imidazole rings is 1. The fraction of sp³-hybridized carbons (Fsp3) is 0.222. The molecule has 8 aromatic rings. The molecule has 0 unspecified atom stereocenters. The Balaban J connectivity index is 0.000000192. The molecule has 1 radical (unpaired) electrons. The number of hydrogen-bond acceptors (Lipinski definition) is 4. The Labute approximate surface area is 330 Å². The van der Waals surface area contributed by atoms with Crippen LogP contribution in [0, 0.1) is 31.8 Å². The van der Waals surface area contributed by atoms with E-state index in [0.29, 0.717) is 22.5 Å². The molecule has 4 aromatic carbocycles. The van der Waals surface area contributed by atoms with Crippen LogP contribution in [0.25, 0.3) is 55.7 Å². The molecule has 0 amide bonds. The van der Waals surface area contributed by atoms with Gasteiger partial charge in [-0.15, -0.1) is 18.2 Å². The van der Waals surface area contributed by atoms with Crippen LogP contribution in [0.2, 0.25) is 17.3 Å². The second kappa shape index (κ2) is 15.7. The van der Waals surface area contributed by atoms with Crippen molar-refractivity contribution in [2.45, 2.75) is 57.8 Å². The van der Waals surface area contributed by atoms with Gasteiger partial charge < -0.3 is 8.98 Å². The van der Waals surface area contributed by atoms with E-state index >= 15 is 0 Å². The number of benzene rings is 4. The van der Waals surface area contributed by atoms with E-state index in [4.69, 9.17) is 16.3 Å². The number of fused-ring (bicyclic) bond motifs is 4. The summed E-state index contributed by atoms with van der Waals surface area (Å²) >= 11 is -2.32. The van der Waals surface area contributed by atoms with Gasteiger partial charge in [-0.2, -0.15) is 0 Å².